The summed E-state index contributed by atoms with van der Waals surface area (Å²) in [6.45, 7) is 8.62. The molecular weight excluding hydrogens is 252 g/mol. The van der Waals surface area contributed by atoms with Gasteiger partial charge in [0.25, 0.3) is 0 Å². The van der Waals surface area contributed by atoms with Crippen molar-refractivity contribution in [3.63, 3.8) is 0 Å². The number of ketones is 1. The predicted octanol–water partition coefficient (Wildman–Crippen LogP) is 2.46. The highest BCUT2D eigenvalue weighted by Gasteiger charge is 2.12. The highest BCUT2D eigenvalue weighted by Crippen LogP contribution is 2.15. The van der Waals surface area contributed by atoms with Gasteiger partial charge in [-0.25, -0.2) is 0 Å². The molecule has 0 aliphatic heterocycles. The molecule has 0 atom stereocenters. The molecule has 0 saturated carbocycles. The lowest BCUT2D eigenvalue weighted by Gasteiger charge is -1.99. The van der Waals surface area contributed by atoms with Crippen molar-refractivity contribution in [3.8, 4) is 0 Å². The summed E-state index contributed by atoms with van der Waals surface area (Å²) in [6, 6.07) is 0. The van der Waals surface area contributed by atoms with Crippen molar-refractivity contribution in [1.82, 2.24) is 19.6 Å². The zero-order valence-electron chi connectivity index (χ0n) is 12.6. The van der Waals surface area contributed by atoms with E-state index in [1.165, 1.54) is 0 Å². The second kappa shape index (κ2) is 5.45. The molecule has 0 radical (unpaired) electrons. The summed E-state index contributed by atoms with van der Waals surface area (Å²) in [7, 11) is 1.90. The van der Waals surface area contributed by atoms with Crippen molar-refractivity contribution in [3.05, 3.63) is 40.5 Å². The van der Waals surface area contributed by atoms with Gasteiger partial charge in [-0.05, 0) is 39.8 Å². The molecule has 5 heteroatoms. The summed E-state index contributed by atoms with van der Waals surface area (Å²) in [5, 5.41) is 8.53. The lowest BCUT2D eigenvalue weighted by molar-refractivity contribution is 0.104. The monoisotopic (exact) mass is 272 g/mol. The van der Waals surface area contributed by atoms with Crippen molar-refractivity contribution in [1.29, 1.82) is 0 Å². The average molecular weight is 272 g/mol. The Morgan fingerprint density at radius 1 is 1.30 bits per heavy atom. The van der Waals surface area contributed by atoms with E-state index in [1.54, 1.807) is 12.3 Å². The maximum Gasteiger partial charge on any atom is 0.189 e. The minimum Gasteiger partial charge on any atom is -0.289 e. The maximum atomic E-state index is 12.2. The van der Waals surface area contributed by atoms with Gasteiger partial charge in [-0.3, -0.25) is 14.2 Å². The van der Waals surface area contributed by atoms with E-state index in [2.05, 4.69) is 10.2 Å². The summed E-state index contributed by atoms with van der Waals surface area (Å²) >= 11 is 0. The third-order valence-corrected chi connectivity index (χ3v) is 3.63. The molecule has 0 bridgehead atoms. The molecule has 0 N–H and O–H groups in total. The number of carbonyl (C=O) groups is 1. The van der Waals surface area contributed by atoms with Crippen LogP contribution in [0.1, 0.15) is 39.9 Å². The first-order valence-corrected chi connectivity index (χ1v) is 6.70. The molecule has 2 heterocycles. The Morgan fingerprint density at radius 2 is 2.00 bits per heavy atom. The van der Waals surface area contributed by atoms with Crippen LogP contribution in [0.4, 0.5) is 0 Å². The number of hydrogen-bond donors (Lipinski definition) is 0. The average Bonchev–Trinajstić information content (AvgIpc) is 2.89. The van der Waals surface area contributed by atoms with Crippen LogP contribution in [0.15, 0.2) is 12.3 Å². The van der Waals surface area contributed by atoms with Crippen LogP contribution in [0.5, 0.6) is 0 Å². The number of nitrogens with zero attached hydrogens (tertiary/aromatic N) is 4. The normalized spacial score (nSPS) is 11.4. The van der Waals surface area contributed by atoms with Gasteiger partial charge in [0.15, 0.2) is 5.78 Å². The molecule has 106 valence electrons. The third-order valence-electron chi connectivity index (χ3n) is 3.63. The van der Waals surface area contributed by atoms with Crippen LogP contribution >= 0.6 is 0 Å². The molecule has 0 aliphatic carbocycles. The molecule has 0 aliphatic rings. The molecule has 0 aromatic carbocycles. The van der Waals surface area contributed by atoms with Crippen LogP contribution in [0.2, 0.25) is 0 Å². The van der Waals surface area contributed by atoms with E-state index in [1.807, 2.05) is 50.2 Å². The second-order valence-corrected chi connectivity index (χ2v) is 4.87. The number of carbonyl (C=O) groups excluding carboxylic acids is 1. The van der Waals surface area contributed by atoms with Gasteiger partial charge in [0, 0.05) is 30.5 Å². The topological polar surface area (TPSA) is 52.7 Å². The van der Waals surface area contributed by atoms with Gasteiger partial charge in [-0.15, -0.1) is 0 Å². The Morgan fingerprint density at radius 3 is 2.50 bits per heavy atom. The van der Waals surface area contributed by atoms with Gasteiger partial charge in [-0.1, -0.05) is 0 Å². The molecule has 0 saturated heterocycles. The number of aromatic nitrogens is 4. The van der Waals surface area contributed by atoms with E-state index >= 15 is 0 Å². The van der Waals surface area contributed by atoms with Gasteiger partial charge < -0.3 is 0 Å². The largest absolute Gasteiger partial charge is 0.289 e. The number of hydrogen-bond acceptors (Lipinski definition) is 3. The van der Waals surface area contributed by atoms with Crippen molar-refractivity contribution in [2.45, 2.75) is 34.2 Å². The lowest BCUT2D eigenvalue weighted by atomic mass is 10.1. The number of allylic oxidation sites excluding steroid dienone is 1. The maximum absolute atomic E-state index is 12.2. The zero-order chi connectivity index (χ0) is 14.9. The first kappa shape index (κ1) is 14.2. The van der Waals surface area contributed by atoms with Gasteiger partial charge in [0.1, 0.15) is 0 Å². The number of aryl methyl sites for hydroxylation is 3. The molecule has 2 aromatic heterocycles. The van der Waals surface area contributed by atoms with Gasteiger partial charge in [-0.2, -0.15) is 10.2 Å². The second-order valence-electron chi connectivity index (χ2n) is 4.87. The highest BCUT2D eigenvalue weighted by atomic mass is 16.1. The van der Waals surface area contributed by atoms with E-state index in [-0.39, 0.29) is 5.78 Å². The summed E-state index contributed by atoms with van der Waals surface area (Å²) in [6.07, 6.45) is 5.07. The van der Waals surface area contributed by atoms with Crippen LogP contribution in [-0.2, 0) is 13.6 Å². The molecule has 0 unspecified atom stereocenters. The minimum atomic E-state index is -0.0233. The highest BCUT2D eigenvalue weighted by molar-refractivity contribution is 6.07. The Kier molecular flexibility index (Phi) is 3.88. The smallest absolute Gasteiger partial charge is 0.189 e. The van der Waals surface area contributed by atoms with Crippen LogP contribution in [0.25, 0.3) is 6.08 Å². The van der Waals surface area contributed by atoms with Crippen LogP contribution < -0.4 is 0 Å². The molecular formula is C15H20N4O. The molecule has 5 nitrogen and oxygen atoms in total. The Hall–Kier alpha value is -2.17. The fraction of sp³-hybridized carbons (Fsp3) is 0.400. The van der Waals surface area contributed by atoms with Crippen molar-refractivity contribution in [2.75, 3.05) is 0 Å². The fourth-order valence-electron chi connectivity index (χ4n) is 2.29. The Bertz CT molecular complexity index is 676. The van der Waals surface area contributed by atoms with Crippen molar-refractivity contribution < 1.29 is 4.79 Å². The Labute approximate surface area is 118 Å². The molecule has 20 heavy (non-hydrogen) atoms. The molecule has 2 rings (SSSR count). The standard InChI is InChI=1S/C15H20N4O/c1-6-19-12(4)14(9-16-19)15(20)8-7-13-10(2)17-18(5)11(13)3/h7-9H,6H2,1-5H3/b8-7+. The SMILES string of the molecule is CCn1ncc(C(=O)/C=C/c2c(C)nn(C)c2C)c1C. The van der Waals surface area contributed by atoms with Crippen molar-refractivity contribution >= 4 is 11.9 Å². The van der Waals surface area contributed by atoms with Gasteiger partial charge >= 0.3 is 0 Å². The van der Waals surface area contributed by atoms with Crippen LogP contribution in [-0.4, -0.2) is 25.3 Å². The van der Waals surface area contributed by atoms with Crippen LogP contribution in [0, 0.1) is 20.8 Å². The van der Waals surface area contributed by atoms with E-state index < -0.39 is 0 Å². The van der Waals surface area contributed by atoms with E-state index in [0.29, 0.717) is 5.56 Å². The first-order valence-electron chi connectivity index (χ1n) is 6.70. The first-order chi connectivity index (χ1) is 9.45. The van der Waals surface area contributed by atoms with Crippen LogP contribution in [0.3, 0.4) is 0 Å². The summed E-state index contributed by atoms with van der Waals surface area (Å²) in [5.74, 6) is -0.0233. The van der Waals surface area contributed by atoms with E-state index in [4.69, 9.17) is 0 Å². The molecule has 0 amide bonds. The van der Waals surface area contributed by atoms with Crippen molar-refractivity contribution in [2.24, 2.45) is 7.05 Å². The summed E-state index contributed by atoms with van der Waals surface area (Å²) in [5.41, 5.74) is 4.54. The Balaban J connectivity index is 2.27. The fourth-order valence-corrected chi connectivity index (χ4v) is 2.29. The minimum absolute atomic E-state index is 0.0233. The van der Waals surface area contributed by atoms with Gasteiger partial charge in [0.2, 0.25) is 0 Å². The lowest BCUT2D eigenvalue weighted by Crippen LogP contribution is -2.01. The summed E-state index contributed by atoms with van der Waals surface area (Å²) in [4.78, 5) is 12.2. The molecule has 0 spiro atoms. The quantitative estimate of drug-likeness (QED) is 0.634. The van der Waals surface area contributed by atoms with E-state index in [0.717, 1.165) is 29.2 Å². The summed E-state index contributed by atoms with van der Waals surface area (Å²) < 4.78 is 3.64. The number of rotatable bonds is 4. The van der Waals surface area contributed by atoms with E-state index in [9.17, 15) is 4.79 Å². The molecule has 2 aromatic rings. The molecule has 0 fully saturated rings. The van der Waals surface area contributed by atoms with Gasteiger partial charge in [0.05, 0.1) is 17.5 Å². The third kappa shape index (κ3) is 2.43. The zero-order valence-corrected chi connectivity index (χ0v) is 12.6. The predicted molar refractivity (Wildman–Crippen MR) is 78.7 cm³/mol.